The van der Waals surface area contributed by atoms with Crippen LogP contribution in [0.4, 0.5) is 10.1 Å². The van der Waals surface area contributed by atoms with Gasteiger partial charge in [-0.05, 0) is 50.2 Å². The van der Waals surface area contributed by atoms with E-state index in [1.807, 2.05) is 0 Å². The summed E-state index contributed by atoms with van der Waals surface area (Å²) >= 11 is 0. The topological polar surface area (TPSA) is 72.2 Å². The maximum atomic E-state index is 13.7. The lowest BCUT2D eigenvalue weighted by atomic mass is 9.79. The molecule has 3 N–H and O–H groups in total. The third-order valence-corrected chi connectivity index (χ3v) is 6.18. The van der Waals surface area contributed by atoms with E-state index in [1.54, 1.807) is 0 Å². The summed E-state index contributed by atoms with van der Waals surface area (Å²) in [4.78, 5) is -0.0636. The minimum absolute atomic E-state index is 0.0636. The fourth-order valence-corrected chi connectivity index (χ4v) is 4.46. The quantitative estimate of drug-likeness (QED) is 0.843. The van der Waals surface area contributed by atoms with E-state index in [4.69, 9.17) is 5.73 Å². The van der Waals surface area contributed by atoms with Crippen molar-refractivity contribution in [3.8, 4) is 0 Å². The van der Waals surface area contributed by atoms with Crippen molar-refractivity contribution in [2.45, 2.75) is 51.0 Å². The number of anilines is 1. The molecule has 6 heteroatoms. The predicted molar refractivity (Wildman–Crippen MR) is 81.8 cm³/mol. The van der Waals surface area contributed by atoms with Crippen molar-refractivity contribution in [2.75, 3.05) is 5.73 Å². The third kappa shape index (κ3) is 3.55. The number of hydrogen-bond donors (Lipinski definition) is 2. The number of nitrogens with two attached hydrogens (primary N) is 1. The van der Waals surface area contributed by atoms with Crippen LogP contribution in [0, 0.1) is 24.6 Å². The summed E-state index contributed by atoms with van der Waals surface area (Å²) in [5, 5.41) is 0. The lowest BCUT2D eigenvalue weighted by molar-refractivity contribution is 0.242. The second-order valence-corrected chi connectivity index (χ2v) is 7.89. The molecule has 1 fully saturated rings. The van der Waals surface area contributed by atoms with Crippen LogP contribution in [0.5, 0.6) is 0 Å². The van der Waals surface area contributed by atoms with Crippen molar-refractivity contribution in [3.63, 3.8) is 0 Å². The molecule has 3 atom stereocenters. The molecular formula is C15H23FN2O2S. The van der Waals surface area contributed by atoms with E-state index in [9.17, 15) is 12.8 Å². The first-order valence-electron chi connectivity index (χ1n) is 7.28. The second kappa shape index (κ2) is 5.93. The molecule has 0 aromatic heterocycles. The molecule has 1 aromatic rings. The van der Waals surface area contributed by atoms with Crippen LogP contribution in [0.15, 0.2) is 17.0 Å². The molecule has 21 heavy (non-hydrogen) atoms. The Morgan fingerprint density at radius 2 is 1.90 bits per heavy atom. The summed E-state index contributed by atoms with van der Waals surface area (Å²) in [6.07, 6.45) is 2.62. The fourth-order valence-electron chi connectivity index (χ4n) is 2.89. The highest BCUT2D eigenvalue weighted by Crippen LogP contribution is 2.30. The lowest BCUT2D eigenvalue weighted by Gasteiger charge is -2.32. The molecule has 0 bridgehead atoms. The van der Waals surface area contributed by atoms with Crippen LogP contribution in [-0.4, -0.2) is 14.5 Å². The van der Waals surface area contributed by atoms with E-state index in [1.165, 1.54) is 13.0 Å². The molecule has 2 rings (SSSR count). The van der Waals surface area contributed by atoms with E-state index in [0.717, 1.165) is 25.3 Å². The van der Waals surface area contributed by atoms with Gasteiger partial charge in [-0.25, -0.2) is 17.5 Å². The molecule has 0 spiro atoms. The van der Waals surface area contributed by atoms with Crippen molar-refractivity contribution in [3.05, 3.63) is 23.5 Å². The lowest BCUT2D eigenvalue weighted by Crippen LogP contribution is -2.40. The van der Waals surface area contributed by atoms with Crippen molar-refractivity contribution in [1.82, 2.24) is 4.72 Å². The molecule has 0 aliphatic heterocycles. The molecule has 1 aliphatic rings. The normalized spacial score (nSPS) is 26.8. The number of nitrogens with one attached hydrogen (secondary N) is 1. The Labute approximate surface area is 126 Å². The second-order valence-electron chi connectivity index (χ2n) is 6.21. The first-order chi connectivity index (χ1) is 9.70. The van der Waals surface area contributed by atoms with Crippen LogP contribution in [0.25, 0.3) is 0 Å². The first kappa shape index (κ1) is 16.2. The zero-order chi connectivity index (χ0) is 15.8. The molecule has 1 saturated carbocycles. The Morgan fingerprint density at radius 1 is 1.24 bits per heavy atom. The average Bonchev–Trinajstić information content (AvgIpc) is 2.37. The molecule has 0 heterocycles. The molecule has 0 radical (unpaired) electrons. The van der Waals surface area contributed by atoms with E-state index < -0.39 is 15.8 Å². The summed E-state index contributed by atoms with van der Waals surface area (Å²) in [5.74, 6) is 0.489. The largest absolute Gasteiger partial charge is 0.399 e. The number of benzene rings is 1. The van der Waals surface area contributed by atoms with Crippen LogP contribution < -0.4 is 10.5 Å². The number of rotatable bonds is 3. The molecule has 1 aliphatic carbocycles. The van der Waals surface area contributed by atoms with Gasteiger partial charge in [0.1, 0.15) is 5.82 Å². The van der Waals surface area contributed by atoms with Gasteiger partial charge in [-0.1, -0.05) is 13.8 Å². The van der Waals surface area contributed by atoms with E-state index in [0.29, 0.717) is 11.8 Å². The van der Waals surface area contributed by atoms with Crippen LogP contribution in [0.2, 0.25) is 0 Å². The summed E-state index contributed by atoms with van der Waals surface area (Å²) in [6.45, 7) is 5.78. The van der Waals surface area contributed by atoms with Crippen LogP contribution in [-0.2, 0) is 10.0 Å². The SMILES string of the molecule is Cc1c(F)cc(N)cc1S(=O)(=O)NC1CCC(C)C(C)C1. The molecule has 0 amide bonds. The van der Waals surface area contributed by atoms with Gasteiger partial charge in [-0.3, -0.25) is 0 Å². The maximum absolute atomic E-state index is 13.7. The maximum Gasteiger partial charge on any atom is 0.241 e. The van der Waals surface area contributed by atoms with Crippen molar-refractivity contribution in [2.24, 2.45) is 11.8 Å². The van der Waals surface area contributed by atoms with Crippen LogP contribution in [0.1, 0.15) is 38.7 Å². The first-order valence-corrected chi connectivity index (χ1v) is 8.77. The summed E-state index contributed by atoms with van der Waals surface area (Å²) in [6, 6.07) is 2.36. The molecule has 3 unspecified atom stereocenters. The molecule has 0 saturated heterocycles. The fraction of sp³-hybridized carbons (Fsp3) is 0.600. The monoisotopic (exact) mass is 314 g/mol. The van der Waals surface area contributed by atoms with E-state index in [-0.39, 0.29) is 22.2 Å². The predicted octanol–water partition coefficient (Wildman–Crippen LogP) is 2.82. The van der Waals surface area contributed by atoms with Gasteiger partial charge in [0.15, 0.2) is 0 Å². The molecule has 1 aromatic carbocycles. The van der Waals surface area contributed by atoms with Gasteiger partial charge in [0.05, 0.1) is 4.90 Å². The highest BCUT2D eigenvalue weighted by Gasteiger charge is 2.29. The molecule has 118 valence electrons. The Kier molecular flexibility index (Phi) is 4.58. The summed E-state index contributed by atoms with van der Waals surface area (Å²) in [7, 11) is -3.75. The Bertz CT molecular complexity index is 631. The smallest absolute Gasteiger partial charge is 0.241 e. The standard InChI is InChI=1S/C15H23FN2O2S/c1-9-4-5-13(6-10(9)2)18-21(19,20)15-8-12(17)7-14(16)11(15)3/h7-10,13,18H,4-6,17H2,1-3H3. The van der Waals surface area contributed by atoms with Crippen LogP contribution in [0.3, 0.4) is 0 Å². The van der Waals surface area contributed by atoms with Crippen molar-refractivity contribution >= 4 is 15.7 Å². The van der Waals surface area contributed by atoms with E-state index in [2.05, 4.69) is 18.6 Å². The van der Waals surface area contributed by atoms with Gasteiger partial charge in [-0.2, -0.15) is 0 Å². The number of hydrogen-bond acceptors (Lipinski definition) is 3. The van der Waals surface area contributed by atoms with Gasteiger partial charge >= 0.3 is 0 Å². The van der Waals surface area contributed by atoms with Gasteiger partial charge in [-0.15, -0.1) is 0 Å². The van der Waals surface area contributed by atoms with Gasteiger partial charge in [0.2, 0.25) is 10.0 Å². The Balaban J connectivity index is 2.23. The minimum Gasteiger partial charge on any atom is -0.399 e. The van der Waals surface area contributed by atoms with Crippen LogP contribution >= 0.6 is 0 Å². The zero-order valence-corrected chi connectivity index (χ0v) is 13.5. The van der Waals surface area contributed by atoms with Crippen molar-refractivity contribution in [1.29, 1.82) is 0 Å². The minimum atomic E-state index is -3.75. The highest BCUT2D eigenvalue weighted by atomic mass is 32.2. The molecule has 4 nitrogen and oxygen atoms in total. The number of sulfonamides is 1. The zero-order valence-electron chi connectivity index (χ0n) is 12.7. The van der Waals surface area contributed by atoms with E-state index >= 15 is 0 Å². The number of halogens is 1. The van der Waals surface area contributed by atoms with Gasteiger partial charge < -0.3 is 5.73 Å². The van der Waals surface area contributed by atoms with Gasteiger partial charge in [0, 0.05) is 17.3 Å². The highest BCUT2D eigenvalue weighted by molar-refractivity contribution is 7.89. The number of nitrogen functional groups attached to an aromatic ring is 1. The summed E-state index contributed by atoms with van der Waals surface area (Å²) in [5.41, 5.74) is 5.79. The van der Waals surface area contributed by atoms with Gasteiger partial charge in [0.25, 0.3) is 0 Å². The Morgan fingerprint density at radius 3 is 2.52 bits per heavy atom. The Hall–Kier alpha value is -1.14. The molecular weight excluding hydrogens is 291 g/mol. The van der Waals surface area contributed by atoms with Crippen molar-refractivity contribution < 1.29 is 12.8 Å². The third-order valence-electron chi connectivity index (χ3n) is 4.53. The average molecular weight is 314 g/mol. The summed E-state index contributed by atoms with van der Waals surface area (Å²) < 4.78 is 41.4.